The Hall–Kier alpha value is -1.55. The van der Waals surface area contributed by atoms with Crippen molar-refractivity contribution in [1.29, 1.82) is 0 Å². The maximum absolute atomic E-state index is 12.4. The van der Waals surface area contributed by atoms with Crippen molar-refractivity contribution in [3.63, 3.8) is 0 Å². The van der Waals surface area contributed by atoms with E-state index in [9.17, 15) is 9.59 Å². The molecule has 0 bridgehead atoms. The Morgan fingerprint density at radius 2 is 1.95 bits per heavy atom. The van der Waals surface area contributed by atoms with Crippen molar-refractivity contribution >= 4 is 29.1 Å². The number of halogens is 1. The molecule has 0 aromatic heterocycles. The SMILES string of the molecule is CC1CCN(C(=O)C2CC2C(=O)Nc2cccc(Cl)c2)CC1. The molecule has 3 rings (SSSR count). The number of rotatable bonds is 3. The highest BCUT2D eigenvalue weighted by molar-refractivity contribution is 6.30. The van der Waals surface area contributed by atoms with E-state index in [1.165, 1.54) is 0 Å². The molecule has 1 N–H and O–H groups in total. The van der Waals surface area contributed by atoms with Crippen LogP contribution in [0.15, 0.2) is 24.3 Å². The number of nitrogens with one attached hydrogen (secondary N) is 1. The summed E-state index contributed by atoms with van der Waals surface area (Å²) in [7, 11) is 0. The van der Waals surface area contributed by atoms with Crippen LogP contribution >= 0.6 is 11.6 Å². The second-order valence-corrected chi connectivity index (χ2v) is 6.89. The highest BCUT2D eigenvalue weighted by Gasteiger charge is 2.49. The van der Waals surface area contributed by atoms with Gasteiger partial charge in [0.2, 0.25) is 11.8 Å². The number of likely N-dealkylation sites (tertiary alicyclic amines) is 1. The van der Waals surface area contributed by atoms with Gasteiger partial charge in [0.05, 0.1) is 11.8 Å². The first kappa shape index (κ1) is 15.3. The number of carbonyl (C=O) groups excluding carboxylic acids is 2. The third-order valence-electron chi connectivity index (χ3n) is 4.63. The van der Waals surface area contributed by atoms with E-state index in [0.29, 0.717) is 23.0 Å². The van der Waals surface area contributed by atoms with Crippen molar-refractivity contribution < 1.29 is 9.59 Å². The Kier molecular flexibility index (Phi) is 4.39. The van der Waals surface area contributed by atoms with E-state index in [1.807, 2.05) is 4.90 Å². The zero-order valence-corrected chi connectivity index (χ0v) is 13.5. The average molecular weight is 321 g/mol. The van der Waals surface area contributed by atoms with Crippen LogP contribution in [0.3, 0.4) is 0 Å². The van der Waals surface area contributed by atoms with E-state index in [4.69, 9.17) is 11.6 Å². The van der Waals surface area contributed by atoms with E-state index in [2.05, 4.69) is 12.2 Å². The summed E-state index contributed by atoms with van der Waals surface area (Å²) < 4.78 is 0. The average Bonchev–Trinajstić information content (AvgIpc) is 3.28. The lowest BCUT2D eigenvalue weighted by Gasteiger charge is -2.30. The minimum absolute atomic E-state index is 0.0778. The number of nitrogens with zero attached hydrogens (tertiary/aromatic N) is 1. The first-order chi connectivity index (χ1) is 10.5. The lowest BCUT2D eigenvalue weighted by atomic mass is 9.99. The molecular weight excluding hydrogens is 300 g/mol. The first-order valence-electron chi connectivity index (χ1n) is 7.90. The molecule has 0 radical (unpaired) electrons. The molecule has 2 aliphatic rings. The van der Waals surface area contributed by atoms with Gasteiger partial charge in [-0.15, -0.1) is 0 Å². The first-order valence-corrected chi connectivity index (χ1v) is 8.27. The smallest absolute Gasteiger partial charge is 0.228 e. The standard InChI is InChI=1S/C17H21ClN2O2/c1-11-5-7-20(8-6-11)17(22)15-10-14(15)16(21)19-13-4-2-3-12(18)9-13/h2-4,9,11,14-15H,5-8,10H2,1H3,(H,19,21). The predicted octanol–water partition coefficient (Wildman–Crippen LogP) is 3.17. The normalized spacial score (nSPS) is 24.9. The van der Waals surface area contributed by atoms with Crippen LogP contribution in [0.1, 0.15) is 26.2 Å². The summed E-state index contributed by atoms with van der Waals surface area (Å²) in [5, 5.41) is 3.43. The third kappa shape index (κ3) is 3.43. The molecule has 2 amide bonds. The van der Waals surface area contributed by atoms with Gasteiger partial charge in [-0.3, -0.25) is 9.59 Å². The van der Waals surface area contributed by atoms with E-state index >= 15 is 0 Å². The summed E-state index contributed by atoms with van der Waals surface area (Å²) in [4.78, 5) is 26.6. The molecule has 1 aliphatic carbocycles. The Labute approximate surface area is 135 Å². The Morgan fingerprint density at radius 1 is 1.23 bits per heavy atom. The monoisotopic (exact) mass is 320 g/mol. The fourth-order valence-electron chi connectivity index (χ4n) is 3.02. The van der Waals surface area contributed by atoms with Gasteiger partial charge in [-0.1, -0.05) is 24.6 Å². The molecule has 1 aliphatic heterocycles. The summed E-state index contributed by atoms with van der Waals surface area (Å²) in [6.45, 7) is 3.89. The summed E-state index contributed by atoms with van der Waals surface area (Å²) >= 11 is 5.90. The van der Waals surface area contributed by atoms with Crippen molar-refractivity contribution in [1.82, 2.24) is 4.90 Å². The van der Waals surface area contributed by atoms with Crippen molar-refractivity contribution in [2.45, 2.75) is 26.2 Å². The largest absolute Gasteiger partial charge is 0.342 e. The third-order valence-corrected chi connectivity index (χ3v) is 4.87. The highest BCUT2D eigenvalue weighted by atomic mass is 35.5. The number of hydrogen-bond acceptors (Lipinski definition) is 2. The predicted molar refractivity (Wildman–Crippen MR) is 86.7 cm³/mol. The number of amides is 2. The summed E-state index contributed by atoms with van der Waals surface area (Å²) in [6.07, 6.45) is 2.80. The Balaban J connectivity index is 1.53. The molecule has 1 saturated carbocycles. The van der Waals surface area contributed by atoms with E-state index in [0.717, 1.165) is 25.9 Å². The number of benzene rings is 1. The number of hydrogen-bond donors (Lipinski definition) is 1. The van der Waals surface area contributed by atoms with E-state index in [1.54, 1.807) is 24.3 Å². The molecule has 1 saturated heterocycles. The van der Waals surface area contributed by atoms with Crippen LogP contribution in [-0.4, -0.2) is 29.8 Å². The van der Waals surface area contributed by atoms with E-state index < -0.39 is 0 Å². The summed E-state index contributed by atoms with van der Waals surface area (Å²) in [5.74, 6) is 0.452. The van der Waals surface area contributed by atoms with Gasteiger partial charge < -0.3 is 10.2 Å². The van der Waals surface area contributed by atoms with Gasteiger partial charge in [0.1, 0.15) is 0 Å². The van der Waals surface area contributed by atoms with E-state index in [-0.39, 0.29) is 23.7 Å². The fourth-order valence-corrected chi connectivity index (χ4v) is 3.21. The zero-order valence-electron chi connectivity index (χ0n) is 12.7. The van der Waals surface area contributed by atoms with Crippen LogP contribution in [-0.2, 0) is 9.59 Å². The Bertz CT molecular complexity index is 582. The number of piperidine rings is 1. The van der Waals surface area contributed by atoms with Gasteiger partial charge in [0.15, 0.2) is 0 Å². The molecule has 4 nitrogen and oxygen atoms in total. The lowest BCUT2D eigenvalue weighted by Crippen LogP contribution is -2.39. The topological polar surface area (TPSA) is 49.4 Å². The fraction of sp³-hybridized carbons (Fsp3) is 0.529. The molecule has 22 heavy (non-hydrogen) atoms. The van der Waals surface area contributed by atoms with Crippen molar-refractivity contribution in [3.05, 3.63) is 29.3 Å². The molecule has 0 spiro atoms. The molecule has 5 heteroatoms. The number of anilines is 1. The van der Waals surface area contributed by atoms with Crippen molar-refractivity contribution in [2.75, 3.05) is 18.4 Å². The molecule has 1 heterocycles. The van der Waals surface area contributed by atoms with Gasteiger partial charge in [-0.25, -0.2) is 0 Å². The molecule has 1 aromatic rings. The van der Waals surface area contributed by atoms with Crippen LogP contribution in [0.2, 0.25) is 5.02 Å². The second-order valence-electron chi connectivity index (χ2n) is 6.46. The minimum atomic E-state index is -0.189. The van der Waals surface area contributed by atoms with Crippen LogP contribution in [0.25, 0.3) is 0 Å². The quantitative estimate of drug-likeness (QED) is 0.930. The Morgan fingerprint density at radius 3 is 2.64 bits per heavy atom. The summed E-state index contributed by atoms with van der Waals surface area (Å²) in [6, 6.07) is 7.07. The van der Waals surface area contributed by atoms with Gasteiger partial charge in [0.25, 0.3) is 0 Å². The lowest BCUT2D eigenvalue weighted by molar-refractivity contribution is -0.135. The van der Waals surface area contributed by atoms with Crippen molar-refractivity contribution in [2.24, 2.45) is 17.8 Å². The molecule has 118 valence electrons. The zero-order chi connectivity index (χ0) is 15.7. The maximum atomic E-state index is 12.4. The van der Waals surface area contributed by atoms with Crippen LogP contribution < -0.4 is 5.32 Å². The van der Waals surface area contributed by atoms with Crippen LogP contribution in [0, 0.1) is 17.8 Å². The van der Waals surface area contributed by atoms with Gasteiger partial charge in [-0.05, 0) is 43.4 Å². The van der Waals surface area contributed by atoms with Crippen LogP contribution in [0.4, 0.5) is 5.69 Å². The maximum Gasteiger partial charge on any atom is 0.228 e. The van der Waals surface area contributed by atoms with Crippen molar-refractivity contribution in [3.8, 4) is 0 Å². The molecule has 1 aromatic carbocycles. The molecule has 2 fully saturated rings. The van der Waals surface area contributed by atoms with Crippen LogP contribution in [0.5, 0.6) is 0 Å². The number of carbonyl (C=O) groups is 2. The molecule has 2 unspecified atom stereocenters. The molecular formula is C17H21ClN2O2. The van der Waals surface area contributed by atoms with Gasteiger partial charge in [-0.2, -0.15) is 0 Å². The summed E-state index contributed by atoms with van der Waals surface area (Å²) in [5.41, 5.74) is 0.683. The molecule has 2 atom stereocenters. The second kappa shape index (κ2) is 6.29. The highest BCUT2D eigenvalue weighted by Crippen LogP contribution is 2.41. The minimum Gasteiger partial charge on any atom is -0.342 e. The van der Waals surface area contributed by atoms with Gasteiger partial charge >= 0.3 is 0 Å². The van der Waals surface area contributed by atoms with Gasteiger partial charge in [0, 0.05) is 23.8 Å².